The molecule has 0 saturated heterocycles. The summed E-state index contributed by atoms with van der Waals surface area (Å²) >= 11 is 0. The molecule has 1 N–H and O–H groups in total. The Morgan fingerprint density at radius 2 is 1.54 bits per heavy atom. The maximum absolute atomic E-state index is 13.6. The van der Waals surface area contributed by atoms with Crippen molar-refractivity contribution in [1.82, 2.24) is 9.88 Å². The maximum Gasteiger partial charge on any atom is 0.253 e. The minimum Gasteiger partial charge on any atom is -0.376 e. The molecule has 0 spiro atoms. The van der Waals surface area contributed by atoms with Gasteiger partial charge in [-0.1, -0.05) is 24.3 Å². The lowest BCUT2D eigenvalue weighted by Gasteiger charge is -2.22. The van der Waals surface area contributed by atoms with Crippen LogP contribution in [0.25, 0.3) is 0 Å². The molecule has 2 aromatic rings. The average molecular weight is 341 g/mol. The topological polar surface area (TPSA) is 28.2 Å². The Bertz CT molecular complexity index is 693. The molecule has 1 heterocycles. The van der Waals surface area contributed by atoms with Crippen molar-refractivity contribution < 1.29 is 17.6 Å². The SMILES string of the molecule is CC(C)N(C)Cc1ccccc1CNc1c(F)c(F)nc(F)c1F. The highest BCUT2D eigenvalue weighted by molar-refractivity contribution is 5.46. The van der Waals surface area contributed by atoms with E-state index < -0.39 is 29.2 Å². The predicted molar refractivity (Wildman–Crippen MR) is 84.4 cm³/mol. The largest absolute Gasteiger partial charge is 0.376 e. The zero-order chi connectivity index (χ0) is 17.9. The summed E-state index contributed by atoms with van der Waals surface area (Å²) < 4.78 is 53.6. The summed E-state index contributed by atoms with van der Waals surface area (Å²) in [6, 6.07) is 7.66. The molecule has 0 fully saturated rings. The van der Waals surface area contributed by atoms with Gasteiger partial charge in [-0.2, -0.15) is 22.5 Å². The van der Waals surface area contributed by atoms with Crippen molar-refractivity contribution in [2.75, 3.05) is 12.4 Å². The number of anilines is 1. The monoisotopic (exact) mass is 341 g/mol. The van der Waals surface area contributed by atoms with Crippen LogP contribution in [0.1, 0.15) is 25.0 Å². The van der Waals surface area contributed by atoms with Gasteiger partial charge in [0.2, 0.25) is 11.6 Å². The third kappa shape index (κ3) is 4.03. The highest BCUT2D eigenvalue weighted by Gasteiger charge is 2.20. The molecule has 130 valence electrons. The summed E-state index contributed by atoms with van der Waals surface area (Å²) in [6.45, 7) is 4.76. The number of hydrogen-bond acceptors (Lipinski definition) is 3. The van der Waals surface area contributed by atoms with Gasteiger partial charge in [0.15, 0.2) is 0 Å². The molecule has 0 amide bonds. The van der Waals surface area contributed by atoms with Crippen molar-refractivity contribution in [1.29, 1.82) is 0 Å². The highest BCUT2D eigenvalue weighted by Crippen LogP contribution is 2.23. The van der Waals surface area contributed by atoms with E-state index in [4.69, 9.17) is 0 Å². The molecule has 3 nitrogen and oxygen atoms in total. The van der Waals surface area contributed by atoms with Crippen LogP contribution in [0.4, 0.5) is 23.2 Å². The van der Waals surface area contributed by atoms with Crippen LogP contribution in [-0.4, -0.2) is 23.0 Å². The van der Waals surface area contributed by atoms with Crippen LogP contribution in [-0.2, 0) is 13.1 Å². The van der Waals surface area contributed by atoms with Gasteiger partial charge in [0.05, 0.1) is 0 Å². The van der Waals surface area contributed by atoms with Gasteiger partial charge in [0.25, 0.3) is 11.9 Å². The lowest BCUT2D eigenvalue weighted by atomic mass is 10.1. The molecule has 1 aromatic heterocycles. The summed E-state index contributed by atoms with van der Waals surface area (Å²) in [5, 5.41) is 2.43. The van der Waals surface area contributed by atoms with E-state index in [-0.39, 0.29) is 6.54 Å². The Hall–Kier alpha value is -2.15. The molecule has 0 radical (unpaired) electrons. The van der Waals surface area contributed by atoms with Crippen molar-refractivity contribution in [2.45, 2.75) is 33.0 Å². The summed E-state index contributed by atoms with van der Waals surface area (Å²) in [4.78, 5) is 4.64. The van der Waals surface area contributed by atoms with Crippen molar-refractivity contribution in [3.05, 3.63) is 58.9 Å². The standard InChI is InChI=1S/C17H19F4N3/c1-10(2)24(3)9-12-7-5-4-6-11(12)8-22-15-13(18)16(20)23-17(21)14(15)19/h4-7,10H,8-9H2,1-3H3,(H,22,23). The molecule has 0 bridgehead atoms. The molecule has 0 aliphatic rings. The minimum absolute atomic E-state index is 0.0266. The molecule has 24 heavy (non-hydrogen) atoms. The van der Waals surface area contributed by atoms with Crippen molar-refractivity contribution in [3.8, 4) is 0 Å². The zero-order valence-corrected chi connectivity index (χ0v) is 13.7. The van der Waals surface area contributed by atoms with Crippen LogP contribution in [0.2, 0.25) is 0 Å². The number of nitrogens with zero attached hydrogens (tertiary/aromatic N) is 2. The van der Waals surface area contributed by atoms with E-state index in [9.17, 15) is 17.6 Å². The van der Waals surface area contributed by atoms with Gasteiger partial charge in [-0.15, -0.1) is 0 Å². The fraction of sp³-hybridized carbons (Fsp3) is 0.353. The van der Waals surface area contributed by atoms with Gasteiger partial charge < -0.3 is 5.32 Å². The number of aromatic nitrogens is 1. The summed E-state index contributed by atoms with van der Waals surface area (Å²) in [5.74, 6) is -6.43. The summed E-state index contributed by atoms with van der Waals surface area (Å²) in [7, 11) is 1.96. The maximum atomic E-state index is 13.6. The molecular weight excluding hydrogens is 322 g/mol. The second kappa shape index (κ2) is 7.61. The Labute approximate surface area is 138 Å². The smallest absolute Gasteiger partial charge is 0.253 e. The Balaban J connectivity index is 2.22. The van der Waals surface area contributed by atoms with Crippen LogP contribution in [0.3, 0.4) is 0 Å². The molecule has 0 aliphatic heterocycles. The van der Waals surface area contributed by atoms with Crippen LogP contribution < -0.4 is 5.32 Å². The van der Waals surface area contributed by atoms with E-state index in [0.717, 1.165) is 11.1 Å². The molecule has 0 unspecified atom stereocenters. The van der Waals surface area contributed by atoms with Crippen LogP contribution in [0.5, 0.6) is 0 Å². The predicted octanol–water partition coefficient (Wildman–Crippen LogP) is 4.09. The third-order valence-corrected chi connectivity index (χ3v) is 3.87. The fourth-order valence-electron chi connectivity index (χ4n) is 2.16. The van der Waals surface area contributed by atoms with E-state index in [0.29, 0.717) is 12.6 Å². The molecule has 7 heteroatoms. The van der Waals surface area contributed by atoms with Crippen molar-refractivity contribution >= 4 is 5.69 Å². The Morgan fingerprint density at radius 1 is 1.00 bits per heavy atom. The quantitative estimate of drug-likeness (QED) is 0.634. The van der Waals surface area contributed by atoms with E-state index in [1.807, 2.05) is 33.0 Å². The van der Waals surface area contributed by atoms with Crippen molar-refractivity contribution in [2.24, 2.45) is 0 Å². The number of benzene rings is 1. The van der Waals surface area contributed by atoms with Gasteiger partial charge in [0, 0.05) is 19.1 Å². The van der Waals surface area contributed by atoms with E-state index >= 15 is 0 Å². The number of halogens is 4. The van der Waals surface area contributed by atoms with E-state index in [1.165, 1.54) is 0 Å². The second-order valence-corrected chi connectivity index (χ2v) is 5.83. The average Bonchev–Trinajstić information content (AvgIpc) is 2.54. The van der Waals surface area contributed by atoms with E-state index in [2.05, 4.69) is 15.2 Å². The number of rotatable bonds is 6. The molecule has 0 saturated carbocycles. The first-order chi connectivity index (χ1) is 11.3. The summed E-state index contributed by atoms with van der Waals surface area (Å²) in [6.07, 6.45) is 0. The highest BCUT2D eigenvalue weighted by atomic mass is 19.2. The molecule has 1 aromatic carbocycles. The van der Waals surface area contributed by atoms with E-state index in [1.54, 1.807) is 12.1 Å². The van der Waals surface area contributed by atoms with Gasteiger partial charge in [-0.3, -0.25) is 4.90 Å². The molecule has 0 aliphatic carbocycles. The number of pyridine rings is 1. The minimum atomic E-state index is -1.68. The first-order valence-corrected chi connectivity index (χ1v) is 7.52. The van der Waals surface area contributed by atoms with Gasteiger partial charge in [0.1, 0.15) is 5.69 Å². The zero-order valence-electron chi connectivity index (χ0n) is 13.7. The fourth-order valence-corrected chi connectivity index (χ4v) is 2.16. The normalized spacial score (nSPS) is 11.4. The first-order valence-electron chi connectivity index (χ1n) is 7.52. The van der Waals surface area contributed by atoms with Crippen molar-refractivity contribution in [3.63, 3.8) is 0 Å². The number of hydrogen-bond donors (Lipinski definition) is 1. The third-order valence-electron chi connectivity index (χ3n) is 3.87. The van der Waals surface area contributed by atoms with Crippen LogP contribution >= 0.6 is 0 Å². The first kappa shape index (κ1) is 18.2. The van der Waals surface area contributed by atoms with Crippen LogP contribution in [0.15, 0.2) is 24.3 Å². The van der Waals surface area contributed by atoms with Gasteiger partial charge in [-0.05, 0) is 32.0 Å². The van der Waals surface area contributed by atoms with Gasteiger partial charge >= 0.3 is 0 Å². The molecule has 2 rings (SSSR count). The number of nitrogens with one attached hydrogen (secondary N) is 1. The summed E-state index contributed by atoms with van der Waals surface area (Å²) in [5.41, 5.74) is 0.880. The Morgan fingerprint density at radius 3 is 2.08 bits per heavy atom. The van der Waals surface area contributed by atoms with Gasteiger partial charge in [-0.25, -0.2) is 0 Å². The molecular formula is C17H19F4N3. The lowest BCUT2D eigenvalue weighted by Crippen LogP contribution is -2.26. The van der Waals surface area contributed by atoms with Crippen LogP contribution in [0, 0.1) is 23.5 Å². The second-order valence-electron chi connectivity index (χ2n) is 5.83. The lowest BCUT2D eigenvalue weighted by molar-refractivity contribution is 0.265. The Kier molecular flexibility index (Phi) is 5.77. The molecule has 0 atom stereocenters.